The van der Waals surface area contributed by atoms with Gasteiger partial charge in [-0.1, -0.05) is 0 Å². The molecule has 1 saturated heterocycles. The van der Waals surface area contributed by atoms with Crippen LogP contribution in [0.15, 0.2) is 0 Å². The number of ether oxygens (including phenoxy) is 1. The number of hydrogen-bond donors (Lipinski definition) is 1. The van der Waals surface area contributed by atoms with E-state index in [-0.39, 0.29) is 11.5 Å². The van der Waals surface area contributed by atoms with Crippen LogP contribution >= 0.6 is 11.3 Å². The third kappa shape index (κ3) is 3.29. The maximum atomic E-state index is 11.7. The smallest absolute Gasteiger partial charge is 0.358 e. The number of rotatable bonds is 4. The minimum atomic E-state index is -2.98. The number of thiazole rings is 1. The van der Waals surface area contributed by atoms with E-state index in [1.165, 1.54) is 11.3 Å². The number of nitrogens with one attached hydrogen (secondary N) is 1. The summed E-state index contributed by atoms with van der Waals surface area (Å²) in [6.45, 7) is 5.69. The molecule has 1 aromatic heterocycles. The van der Waals surface area contributed by atoms with E-state index < -0.39 is 21.3 Å². The Morgan fingerprint density at radius 1 is 1.55 bits per heavy atom. The summed E-state index contributed by atoms with van der Waals surface area (Å²) in [4.78, 5) is 16.7. The van der Waals surface area contributed by atoms with Gasteiger partial charge in [0.05, 0.1) is 23.7 Å². The monoisotopic (exact) mass is 318 g/mol. The Bertz CT molecular complexity index is 623. The molecule has 20 heavy (non-hydrogen) atoms. The third-order valence-corrected chi connectivity index (χ3v) is 5.97. The van der Waals surface area contributed by atoms with Crippen LogP contribution < -0.4 is 5.32 Å². The number of hydrogen-bond acceptors (Lipinski definition) is 7. The minimum Gasteiger partial charge on any atom is -0.461 e. The molecule has 1 atom stereocenters. The van der Waals surface area contributed by atoms with Gasteiger partial charge >= 0.3 is 5.97 Å². The van der Waals surface area contributed by atoms with Crippen LogP contribution in [0.4, 0.5) is 5.13 Å². The van der Waals surface area contributed by atoms with E-state index in [2.05, 4.69) is 10.3 Å². The first kappa shape index (κ1) is 15.2. The lowest BCUT2D eigenvalue weighted by Crippen LogP contribution is -2.35. The van der Waals surface area contributed by atoms with Crippen molar-refractivity contribution in [1.82, 2.24) is 4.98 Å². The third-order valence-electron chi connectivity index (χ3n) is 3.18. The molecule has 0 spiro atoms. The van der Waals surface area contributed by atoms with Gasteiger partial charge in [-0.2, -0.15) is 0 Å². The quantitative estimate of drug-likeness (QED) is 0.849. The molecule has 6 nitrogen and oxygen atoms in total. The lowest BCUT2D eigenvalue weighted by Gasteiger charge is -2.23. The van der Waals surface area contributed by atoms with Crippen LogP contribution in [-0.4, -0.2) is 43.0 Å². The topological polar surface area (TPSA) is 85.4 Å². The number of carbonyl (C=O) groups excluding carboxylic acids is 1. The molecule has 1 N–H and O–H groups in total. The van der Waals surface area contributed by atoms with Crippen LogP contribution in [0.1, 0.15) is 35.6 Å². The van der Waals surface area contributed by atoms with E-state index >= 15 is 0 Å². The zero-order chi connectivity index (χ0) is 15.0. The summed E-state index contributed by atoms with van der Waals surface area (Å²) in [6.07, 6.45) is 0.544. The fraction of sp³-hybridized carbons (Fsp3) is 0.667. The molecule has 0 aliphatic carbocycles. The summed E-state index contributed by atoms with van der Waals surface area (Å²) >= 11 is 1.34. The fourth-order valence-corrected chi connectivity index (χ4v) is 5.25. The van der Waals surface area contributed by atoms with Crippen molar-refractivity contribution in [3.63, 3.8) is 0 Å². The first-order valence-corrected chi connectivity index (χ1v) is 9.02. The molecule has 0 bridgehead atoms. The van der Waals surface area contributed by atoms with Crippen LogP contribution in [0.5, 0.6) is 0 Å². The molecule has 0 radical (unpaired) electrons. The van der Waals surface area contributed by atoms with E-state index in [9.17, 15) is 13.2 Å². The largest absolute Gasteiger partial charge is 0.461 e. The molecule has 1 aliphatic rings. The van der Waals surface area contributed by atoms with Crippen molar-refractivity contribution in [2.24, 2.45) is 0 Å². The van der Waals surface area contributed by atoms with Crippen LogP contribution in [0.25, 0.3) is 0 Å². The highest BCUT2D eigenvalue weighted by Crippen LogP contribution is 2.30. The summed E-state index contributed by atoms with van der Waals surface area (Å²) < 4.78 is 28.1. The number of anilines is 1. The molecular weight excluding hydrogens is 300 g/mol. The molecule has 1 unspecified atom stereocenters. The second-order valence-electron chi connectivity index (χ2n) is 5.17. The molecule has 0 aromatic carbocycles. The molecular formula is C12H18N2O4S2. The van der Waals surface area contributed by atoms with E-state index in [0.29, 0.717) is 23.9 Å². The molecule has 1 aromatic rings. The van der Waals surface area contributed by atoms with Gasteiger partial charge < -0.3 is 10.1 Å². The standard InChI is InChI=1S/C12H18N2O4S2/c1-4-18-10(15)9-8(2)19-11(13-9)14-12(3)5-6-20(16,17)7-12/h4-7H2,1-3H3,(H,13,14). The summed E-state index contributed by atoms with van der Waals surface area (Å²) in [5.41, 5.74) is -0.224. The van der Waals surface area contributed by atoms with Crippen molar-refractivity contribution < 1.29 is 17.9 Å². The van der Waals surface area contributed by atoms with E-state index in [1.54, 1.807) is 13.8 Å². The number of carbonyl (C=O) groups is 1. The maximum absolute atomic E-state index is 11.7. The lowest BCUT2D eigenvalue weighted by atomic mass is 10.0. The van der Waals surface area contributed by atoms with Crippen LogP contribution in [0, 0.1) is 6.92 Å². The highest BCUT2D eigenvalue weighted by atomic mass is 32.2. The Labute approximate surface area is 122 Å². The van der Waals surface area contributed by atoms with Gasteiger partial charge in [-0.15, -0.1) is 11.3 Å². The van der Waals surface area contributed by atoms with Crippen molar-refractivity contribution in [2.75, 3.05) is 23.4 Å². The fourth-order valence-electron chi connectivity index (χ4n) is 2.21. The zero-order valence-electron chi connectivity index (χ0n) is 11.7. The summed E-state index contributed by atoms with van der Waals surface area (Å²) in [5, 5.41) is 3.71. The average Bonchev–Trinajstić information content (AvgIpc) is 2.80. The molecule has 0 amide bonds. The molecule has 2 heterocycles. The number of sulfone groups is 1. The van der Waals surface area contributed by atoms with Crippen molar-refractivity contribution in [1.29, 1.82) is 0 Å². The van der Waals surface area contributed by atoms with Gasteiger partial charge in [0.2, 0.25) is 0 Å². The van der Waals surface area contributed by atoms with Gasteiger partial charge in [-0.3, -0.25) is 0 Å². The van der Waals surface area contributed by atoms with Crippen molar-refractivity contribution in [2.45, 2.75) is 32.7 Å². The van der Waals surface area contributed by atoms with Gasteiger partial charge in [-0.05, 0) is 27.2 Å². The van der Waals surface area contributed by atoms with Crippen molar-refractivity contribution in [3.8, 4) is 0 Å². The van der Waals surface area contributed by atoms with Crippen molar-refractivity contribution in [3.05, 3.63) is 10.6 Å². The number of nitrogens with zero attached hydrogens (tertiary/aromatic N) is 1. The van der Waals surface area contributed by atoms with E-state index in [4.69, 9.17) is 4.74 Å². The van der Waals surface area contributed by atoms with Gasteiger partial charge in [-0.25, -0.2) is 18.2 Å². The second-order valence-corrected chi connectivity index (χ2v) is 8.56. The first-order valence-electron chi connectivity index (χ1n) is 6.38. The first-order chi connectivity index (χ1) is 9.25. The van der Waals surface area contributed by atoms with Gasteiger partial charge in [0.15, 0.2) is 20.7 Å². The SMILES string of the molecule is CCOC(=O)c1nc(NC2(C)CCS(=O)(=O)C2)sc1C. The van der Waals surface area contributed by atoms with Gasteiger partial charge in [0.25, 0.3) is 0 Å². The van der Waals surface area contributed by atoms with E-state index in [1.807, 2.05) is 6.92 Å². The molecule has 1 aliphatic heterocycles. The van der Waals surface area contributed by atoms with Crippen LogP contribution in [-0.2, 0) is 14.6 Å². The molecule has 112 valence electrons. The second kappa shape index (κ2) is 5.33. The Morgan fingerprint density at radius 2 is 2.25 bits per heavy atom. The molecule has 0 saturated carbocycles. The number of esters is 1. The van der Waals surface area contributed by atoms with E-state index in [0.717, 1.165) is 4.88 Å². The van der Waals surface area contributed by atoms with Gasteiger partial charge in [0, 0.05) is 4.88 Å². The normalized spacial score (nSPS) is 24.6. The highest BCUT2D eigenvalue weighted by Gasteiger charge is 2.39. The Kier molecular flexibility index (Phi) is 4.06. The van der Waals surface area contributed by atoms with Gasteiger partial charge in [0.1, 0.15) is 0 Å². The number of aromatic nitrogens is 1. The highest BCUT2D eigenvalue weighted by molar-refractivity contribution is 7.91. The minimum absolute atomic E-state index is 0.0906. The van der Waals surface area contributed by atoms with Crippen LogP contribution in [0.3, 0.4) is 0 Å². The summed E-state index contributed by atoms with van der Waals surface area (Å²) in [5.74, 6) is -0.169. The van der Waals surface area contributed by atoms with Crippen molar-refractivity contribution >= 4 is 32.3 Å². The van der Waals surface area contributed by atoms with Crippen LogP contribution in [0.2, 0.25) is 0 Å². The molecule has 1 fully saturated rings. The summed E-state index contributed by atoms with van der Waals surface area (Å²) in [6, 6.07) is 0. The Hall–Kier alpha value is -1.15. The Balaban J connectivity index is 2.15. The average molecular weight is 318 g/mol. The maximum Gasteiger partial charge on any atom is 0.358 e. The molecule has 8 heteroatoms. The lowest BCUT2D eigenvalue weighted by molar-refractivity contribution is 0.0519. The zero-order valence-corrected chi connectivity index (χ0v) is 13.4. The number of aryl methyl sites for hydroxylation is 1. The summed E-state index contributed by atoms with van der Waals surface area (Å²) in [7, 11) is -2.98. The molecule has 2 rings (SSSR count). The predicted molar refractivity (Wildman–Crippen MR) is 78.1 cm³/mol. The Morgan fingerprint density at radius 3 is 2.80 bits per heavy atom. The predicted octanol–water partition coefficient (Wildman–Crippen LogP) is 1.62.